The van der Waals surface area contributed by atoms with Gasteiger partial charge in [0.1, 0.15) is 0 Å². The molecule has 104 valence electrons. The van der Waals surface area contributed by atoms with Crippen molar-refractivity contribution in [3.05, 3.63) is 29.3 Å². The van der Waals surface area contributed by atoms with Crippen molar-refractivity contribution in [1.29, 1.82) is 0 Å². The fraction of sp³-hybridized carbons (Fsp3) is 0.462. The minimum absolute atomic E-state index is 0.0335. The van der Waals surface area contributed by atoms with Crippen molar-refractivity contribution in [2.45, 2.75) is 24.9 Å². The molecule has 1 N–H and O–H groups in total. The Kier molecular flexibility index (Phi) is 3.43. The SMILES string of the molecule is CN1CC(CCC(=O)O)c2cc(C(F)(F)F)ccc21. The van der Waals surface area contributed by atoms with Gasteiger partial charge >= 0.3 is 12.1 Å². The van der Waals surface area contributed by atoms with E-state index in [0.717, 1.165) is 17.8 Å². The Morgan fingerprint density at radius 3 is 2.74 bits per heavy atom. The average molecular weight is 273 g/mol. The summed E-state index contributed by atoms with van der Waals surface area (Å²) in [5.74, 6) is -1.08. The number of benzene rings is 1. The molecule has 0 fully saturated rings. The first-order valence-electron chi connectivity index (χ1n) is 5.93. The van der Waals surface area contributed by atoms with Gasteiger partial charge in [0.2, 0.25) is 0 Å². The van der Waals surface area contributed by atoms with E-state index in [1.807, 2.05) is 4.90 Å². The molecule has 1 aromatic carbocycles. The maximum Gasteiger partial charge on any atom is 0.416 e. The molecule has 0 radical (unpaired) electrons. The van der Waals surface area contributed by atoms with Crippen LogP contribution in [0, 0.1) is 0 Å². The zero-order valence-electron chi connectivity index (χ0n) is 10.4. The highest BCUT2D eigenvalue weighted by Crippen LogP contribution is 2.41. The van der Waals surface area contributed by atoms with Crippen molar-refractivity contribution in [1.82, 2.24) is 0 Å². The summed E-state index contributed by atoms with van der Waals surface area (Å²) < 4.78 is 38.1. The summed E-state index contributed by atoms with van der Waals surface area (Å²) in [6, 6.07) is 3.67. The van der Waals surface area contributed by atoms with Crippen molar-refractivity contribution >= 4 is 11.7 Å². The highest BCUT2D eigenvalue weighted by molar-refractivity contribution is 5.67. The molecule has 19 heavy (non-hydrogen) atoms. The number of anilines is 1. The smallest absolute Gasteiger partial charge is 0.416 e. The van der Waals surface area contributed by atoms with Crippen LogP contribution in [0.25, 0.3) is 0 Å². The monoisotopic (exact) mass is 273 g/mol. The number of hydrogen-bond donors (Lipinski definition) is 1. The summed E-state index contributed by atoms with van der Waals surface area (Å²) >= 11 is 0. The topological polar surface area (TPSA) is 40.5 Å². The van der Waals surface area contributed by atoms with Crippen LogP contribution in [0.1, 0.15) is 29.9 Å². The van der Waals surface area contributed by atoms with Gasteiger partial charge < -0.3 is 10.0 Å². The zero-order chi connectivity index (χ0) is 14.2. The zero-order valence-corrected chi connectivity index (χ0v) is 10.4. The largest absolute Gasteiger partial charge is 0.481 e. The van der Waals surface area contributed by atoms with Gasteiger partial charge in [-0.2, -0.15) is 13.2 Å². The number of carboxylic acid groups (broad SMARTS) is 1. The van der Waals surface area contributed by atoms with E-state index in [-0.39, 0.29) is 12.3 Å². The second-order valence-corrected chi connectivity index (χ2v) is 4.78. The van der Waals surface area contributed by atoms with E-state index < -0.39 is 17.7 Å². The van der Waals surface area contributed by atoms with E-state index in [1.54, 1.807) is 7.05 Å². The van der Waals surface area contributed by atoms with Gasteiger partial charge in [-0.3, -0.25) is 4.79 Å². The summed E-state index contributed by atoms with van der Waals surface area (Å²) in [7, 11) is 1.80. The second-order valence-electron chi connectivity index (χ2n) is 4.78. The number of hydrogen-bond acceptors (Lipinski definition) is 2. The number of likely N-dealkylation sites (N-methyl/N-ethyl adjacent to an activating group) is 1. The number of halogens is 3. The van der Waals surface area contributed by atoms with E-state index in [0.29, 0.717) is 18.5 Å². The van der Waals surface area contributed by atoms with Gasteiger partial charge in [-0.1, -0.05) is 0 Å². The van der Waals surface area contributed by atoms with Crippen LogP contribution < -0.4 is 4.90 Å². The first-order chi connectivity index (χ1) is 8.79. The highest BCUT2D eigenvalue weighted by atomic mass is 19.4. The Balaban J connectivity index is 2.29. The fourth-order valence-corrected chi connectivity index (χ4v) is 2.48. The minimum Gasteiger partial charge on any atom is -0.481 e. The maximum atomic E-state index is 12.7. The third-order valence-corrected chi connectivity index (χ3v) is 3.41. The predicted molar refractivity (Wildman–Crippen MR) is 64.3 cm³/mol. The molecule has 0 aromatic heterocycles. The van der Waals surface area contributed by atoms with Crippen LogP contribution in [0.4, 0.5) is 18.9 Å². The van der Waals surface area contributed by atoms with Crippen LogP contribution in [0.15, 0.2) is 18.2 Å². The normalized spacial score (nSPS) is 18.5. The molecule has 1 unspecified atom stereocenters. The molecule has 1 atom stereocenters. The van der Waals surface area contributed by atoms with Gasteiger partial charge in [-0.05, 0) is 30.2 Å². The third kappa shape index (κ3) is 2.83. The third-order valence-electron chi connectivity index (χ3n) is 3.41. The van der Waals surface area contributed by atoms with Crippen molar-refractivity contribution in [2.24, 2.45) is 0 Å². The van der Waals surface area contributed by atoms with Crippen LogP contribution in [0.3, 0.4) is 0 Å². The van der Waals surface area contributed by atoms with Gasteiger partial charge in [0.15, 0.2) is 0 Å². The number of nitrogens with zero attached hydrogens (tertiary/aromatic N) is 1. The molecular weight excluding hydrogens is 259 g/mol. The second kappa shape index (κ2) is 4.75. The molecule has 3 nitrogen and oxygen atoms in total. The molecule has 2 rings (SSSR count). The summed E-state index contributed by atoms with van der Waals surface area (Å²) in [6.07, 6.45) is -4.05. The molecule has 0 saturated heterocycles. The van der Waals surface area contributed by atoms with Crippen LogP contribution in [-0.2, 0) is 11.0 Å². The van der Waals surface area contributed by atoms with Crippen LogP contribution >= 0.6 is 0 Å². The lowest BCUT2D eigenvalue weighted by atomic mass is 9.95. The molecule has 0 amide bonds. The lowest BCUT2D eigenvalue weighted by Crippen LogP contribution is -2.15. The van der Waals surface area contributed by atoms with Crippen molar-refractivity contribution in [3.63, 3.8) is 0 Å². The number of rotatable bonds is 3. The van der Waals surface area contributed by atoms with Crippen molar-refractivity contribution < 1.29 is 23.1 Å². The molecular formula is C13H14F3NO2. The molecule has 0 spiro atoms. The first kappa shape index (κ1) is 13.7. The number of aliphatic carboxylic acids is 1. The summed E-state index contributed by atoms with van der Waals surface area (Å²) in [4.78, 5) is 12.4. The van der Waals surface area contributed by atoms with Crippen LogP contribution in [-0.4, -0.2) is 24.7 Å². The molecule has 6 heteroatoms. The number of carboxylic acids is 1. The standard InChI is InChI=1S/C13H14F3NO2/c1-17-7-8(2-5-12(18)19)10-6-9(13(14,15)16)3-4-11(10)17/h3-4,6,8H,2,5,7H2,1H3,(H,18,19). The lowest BCUT2D eigenvalue weighted by molar-refractivity contribution is -0.138. The Morgan fingerprint density at radius 1 is 1.47 bits per heavy atom. The van der Waals surface area contributed by atoms with E-state index >= 15 is 0 Å². The highest BCUT2D eigenvalue weighted by Gasteiger charge is 2.34. The molecule has 1 heterocycles. The molecule has 0 saturated carbocycles. The minimum atomic E-state index is -4.37. The number of carbonyl (C=O) groups is 1. The first-order valence-corrected chi connectivity index (χ1v) is 5.93. The number of fused-ring (bicyclic) bond motifs is 1. The summed E-state index contributed by atoms with van der Waals surface area (Å²) in [5.41, 5.74) is 0.670. The molecule has 0 bridgehead atoms. The van der Waals surface area contributed by atoms with Crippen LogP contribution in [0.2, 0.25) is 0 Å². The molecule has 1 aliphatic heterocycles. The van der Waals surface area contributed by atoms with Gasteiger partial charge in [-0.15, -0.1) is 0 Å². The molecule has 1 aliphatic rings. The van der Waals surface area contributed by atoms with E-state index in [1.165, 1.54) is 6.07 Å². The van der Waals surface area contributed by atoms with E-state index in [4.69, 9.17) is 5.11 Å². The average Bonchev–Trinajstić information content (AvgIpc) is 2.62. The van der Waals surface area contributed by atoms with E-state index in [2.05, 4.69) is 0 Å². The summed E-state index contributed by atoms with van der Waals surface area (Å²) in [6.45, 7) is 0.559. The molecule has 1 aromatic rings. The Morgan fingerprint density at radius 2 is 2.16 bits per heavy atom. The van der Waals surface area contributed by atoms with Crippen LogP contribution in [0.5, 0.6) is 0 Å². The van der Waals surface area contributed by atoms with Gasteiger partial charge in [-0.25, -0.2) is 0 Å². The van der Waals surface area contributed by atoms with Gasteiger partial charge in [0.25, 0.3) is 0 Å². The van der Waals surface area contributed by atoms with Gasteiger partial charge in [0.05, 0.1) is 5.56 Å². The molecule has 0 aliphatic carbocycles. The summed E-state index contributed by atoms with van der Waals surface area (Å²) in [5, 5.41) is 8.68. The Labute approximate surface area is 108 Å². The maximum absolute atomic E-state index is 12.7. The Bertz CT molecular complexity index is 499. The fourth-order valence-electron chi connectivity index (χ4n) is 2.48. The number of alkyl halides is 3. The van der Waals surface area contributed by atoms with Crippen molar-refractivity contribution in [3.8, 4) is 0 Å². The quantitative estimate of drug-likeness (QED) is 0.920. The predicted octanol–water partition coefficient (Wildman–Crippen LogP) is 3.10. The van der Waals surface area contributed by atoms with Crippen molar-refractivity contribution in [2.75, 3.05) is 18.5 Å². The lowest BCUT2D eigenvalue weighted by Gasteiger charge is -2.13. The van der Waals surface area contributed by atoms with Gasteiger partial charge in [0, 0.05) is 31.6 Å². The Hall–Kier alpha value is -1.72. The van der Waals surface area contributed by atoms with E-state index in [9.17, 15) is 18.0 Å².